The molecule has 0 unspecified atom stereocenters. The zero-order valence-corrected chi connectivity index (χ0v) is 14.6. The van der Waals surface area contributed by atoms with Gasteiger partial charge in [-0.15, -0.1) is 0 Å². The van der Waals surface area contributed by atoms with Crippen LogP contribution in [-0.2, 0) is 16.1 Å². The molecule has 0 aliphatic carbocycles. The van der Waals surface area contributed by atoms with Crippen molar-refractivity contribution in [3.05, 3.63) is 17.7 Å². The van der Waals surface area contributed by atoms with Gasteiger partial charge in [0, 0.05) is 26.6 Å². The van der Waals surface area contributed by atoms with Crippen LogP contribution in [0.1, 0.15) is 18.4 Å². The van der Waals surface area contributed by atoms with Crippen LogP contribution in [0, 0.1) is 0 Å². The van der Waals surface area contributed by atoms with Crippen LogP contribution in [0.5, 0.6) is 17.2 Å². The van der Waals surface area contributed by atoms with Crippen LogP contribution < -0.4 is 14.2 Å². The van der Waals surface area contributed by atoms with E-state index in [4.69, 9.17) is 14.2 Å². The van der Waals surface area contributed by atoms with Gasteiger partial charge in [-0.3, -0.25) is 9.59 Å². The highest BCUT2D eigenvalue weighted by Crippen LogP contribution is 2.38. The van der Waals surface area contributed by atoms with Crippen molar-refractivity contribution < 1.29 is 23.8 Å². The van der Waals surface area contributed by atoms with E-state index in [2.05, 4.69) is 0 Å². The summed E-state index contributed by atoms with van der Waals surface area (Å²) in [6, 6.07) is 3.62. The highest BCUT2D eigenvalue weighted by Gasteiger charge is 2.24. The summed E-state index contributed by atoms with van der Waals surface area (Å²) in [4.78, 5) is 27.2. The number of rotatable bonds is 7. The number of ether oxygens (including phenoxy) is 3. The first-order chi connectivity index (χ1) is 11.5. The van der Waals surface area contributed by atoms with Crippen molar-refractivity contribution in [3.63, 3.8) is 0 Å². The summed E-state index contributed by atoms with van der Waals surface area (Å²) >= 11 is 0. The summed E-state index contributed by atoms with van der Waals surface area (Å²) in [5, 5.41) is 0. The third-order valence-corrected chi connectivity index (χ3v) is 4.07. The maximum absolute atomic E-state index is 12.3. The van der Waals surface area contributed by atoms with E-state index in [0.29, 0.717) is 36.8 Å². The predicted octanol–water partition coefficient (Wildman–Crippen LogP) is 1.29. The van der Waals surface area contributed by atoms with Crippen LogP contribution in [0.25, 0.3) is 0 Å². The molecule has 1 aliphatic heterocycles. The second kappa shape index (κ2) is 7.90. The molecule has 0 N–H and O–H groups in total. The predicted molar refractivity (Wildman–Crippen MR) is 88.4 cm³/mol. The third kappa shape index (κ3) is 3.90. The van der Waals surface area contributed by atoms with Crippen molar-refractivity contribution in [3.8, 4) is 17.2 Å². The van der Waals surface area contributed by atoms with E-state index in [9.17, 15) is 9.59 Å². The Morgan fingerprint density at radius 3 is 2.25 bits per heavy atom. The second-order valence-electron chi connectivity index (χ2n) is 5.70. The van der Waals surface area contributed by atoms with Gasteiger partial charge in [0.15, 0.2) is 11.5 Å². The SMILES string of the molecule is COc1cc(CN(C)C(=O)CN2CCCC2=O)cc(OC)c1OC. The molecule has 24 heavy (non-hydrogen) atoms. The van der Waals surface area contributed by atoms with E-state index in [1.54, 1.807) is 38.2 Å². The lowest BCUT2D eigenvalue weighted by Crippen LogP contribution is -2.38. The van der Waals surface area contributed by atoms with Gasteiger partial charge in [0.05, 0.1) is 27.9 Å². The Morgan fingerprint density at radius 1 is 1.17 bits per heavy atom. The van der Waals surface area contributed by atoms with E-state index in [0.717, 1.165) is 12.0 Å². The van der Waals surface area contributed by atoms with Gasteiger partial charge in [0.1, 0.15) is 0 Å². The van der Waals surface area contributed by atoms with Gasteiger partial charge in [-0.2, -0.15) is 0 Å². The second-order valence-corrected chi connectivity index (χ2v) is 5.70. The number of likely N-dealkylation sites (tertiary alicyclic amines) is 1. The van der Waals surface area contributed by atoms with E-state index in [1.165, 1.54) is 0 Å². The van der Waals surface area contributed by atoms with Crippen molar-refractivity contribution in [2.24, 2.45) is 0 Å². The van der Waals surface area contributed by atoms with Crippen molar-refractivity contribution in [2.45, 2.75) is 19.4 Å². The summed E-state index contributed by atoms with van der Waals surface area (Å²) < 4.78 is 15.9. The molecular formula is C17H24N2O5. The number of nitrogens with zero attached hydrogens (tertiary/aromatic N) is 2. The van der Waals surface area contributed by atoms with Crippen LogP contribution in [-0.4, -0.2) is 63.1 Å². The highest BCUT2D eigenvalue weighted by molar-refractivity contribution is 5.85. The number of methoxy groups -OCH3 is 3. The lowest BCUT2D eigenvalue weighted by molar-refractivity contribution is -0.137. The molecule has 2 rings (SSSR count). The molecule has 7 heteroatoms. The number of hydrogen-bond donors (Lipinski definition) is 0. The average molecular weight is 336 g/mol. The van der Waals surface area contributed by atoms with Gasteiger partial charge in [0.25, 0.3) is 0 Å². The lowest BCUT2D eigenvalue weighted by atomic mass is 10.1. The third-order valence-electron chi connectivity index (χ3n) is 4.07. The molecular weight excluding hydrogens is 312 g/mol. The molecule has 1 aromatic carbocycles. The molecule has 0 bridgehead atoms. The number of hydrogen-bond acceptors (Lipinski definition) is 5. The van der Waals surface area contributed by atoms with Gasteiger partial charge < -0.3 is 24.0 Å². The minimum Gasteiger partial charge on any atom is -0.493 e. The van der Waals surface area contributed by atoms with E-state index >= 15 is 0 Å². The zero-order chi connectivity index (χ0) is 17.7. The monoisotopic (exact) mass is 336 g/mol. The lowest BCUT2D eigenvalue weighted by Gasteiger charge is -2.22. The summed E-state index contributed by atoms with van der Waals surface area (Å²) in [5.41, 5.74) is 0.855. The van der Waals surface area contributed by atoms with Gasteiger partial charge in [0.2, 0.25) is 17.6 Å². The first-order valence-corrected chi connectivity index (χ1v) is 7.80. The number of likely N-dealkylation sites (N-methyl/N-ethyl adjacent to an activating group) is 1. The van der Waals surface area contributed by atoms with E-state index in [-0.39, 0.29) is 18.4 Å². The van der Waals surface area contributed by atoms with Crippen LogP contribution in [0.2, 0.25) is 0 Å². The number of benzene rings is 1. The Bertz CT molecular complexity index is 592. The maximum Gasteiger partial charge on any atom is 0.242 e. The first kappa shape index (κ1) is 17.9. The molecule has 1 fully saturated rings. The van der Waals surface area contributed by atoms with Gasteiger partial charge in [-0.25, -0.2) is 0 Å². The van der Waals surface area contributed by atoms with Gasteiger partial charge in [-0.05, 0) is 24.1 Å². The summed E-state index contributed by atoms with van der Waals surface area (Å²) in [6.45, 7) is 1.17. The Kier molecular flexibility index (Phi) is 5.89. The fraction of sp³-hybridized carbons (Fsp3) is 0.529. The molecule has 7 nitrogen and oxygen atoms in total. The molecule has 1 saturated heterocycles. The van der Waals surface area contributed by atoms with Crippen molar-refractivity contribution in [1.29, 1.82) is 0 Å². The van der Waals surface area contributed by atoms with Crippen LogP contribution in [0.3, 0.4) is 0 Å². The molecule has 1 heterocycles. The maximum atomic E-state index is 12.3. The van der Waals surface area contributed by atoms with Crippen LogP contribution in [0.4, 0.5) is 0 Å². The molecule has 0 spiro atoms. The number of carbonyl (C=O) groups is 2. The quantitative estimate of drug-likeness (QED) is 0.751. The summed E-state index contributed by atoms with van der Waals surface area (Å²) in [5.74, 6) is 1.55. The Balaban J connectivity index is 2.08. The molecule has 1 aromatic rings. The van der Waals surface area contributed by atoms with Crippen molar-refractivity contribution >= 4 is 11.8 Å². The largest absolute Gasteiger partial charge is 0.493 e. The Hall–Kier alpha value is -2.44. The Labute approximate surface area is 142 Å². The number of amides is 2. The zero-order valence-electron chi connectivity index (χ0n) is 14.6. The topological polar surface area (TPSA) is 68.3 Å². The summed E-state index contributed by atoms with van der Waals surface area (Å²) in [7, 11) is 6.36. The minimum atomic E-state index is -0.0981. The fourth-order valence-corrected chi connectivity index (χ4v) is 2.74. The number of carbonyl (C=O) groups excluding carboxylic acids is 2. The van der Waals surface area contributed by atoms with Crippen LogP contribution in [0.15, 0.2) is 12.1 Å². The van der Waals surface area contributed by atoms with E-state index in [1.807, 2.05) is 12.1 Å². The van der Waals surface area contributed by atoms with Crippen molar-refractivity contribution in [2.75, 3.05) is 41.5 Å². The molecule has 2 amide bonds. The van der Waals surface area contributed by atoms with E-state index < -0.39 is 0 Å². The van der Waals surface area contributed by atoms with Gasteiger partial charge >= 0.3 is 0 Å². The van der Waals surface area contributed by atoms with Crippen LogP contribution >= 0.6 is 0 Å². The van der Waals surface area contributed by atoms with Crippen molar-refractivity contribution in [1.82, 2.24) is 9.80 Å². The molecule has 132 valence electrons. The standard InChI is InChI=1S/C17H24N2O5/c1-18(16(21)11-19-7-5-6-15(19)20)10-12-8-13(22-2)17(24-4)14(9-12)23-3/h8-9H,5-7,10-11H2,1-4H3. The molecule has 1 aliphatic rings. The molecule has 0 atom stereocenters. The fourth-order valence-electron chi connectivity index (χ4n) is 2.74. The Morgan fingerprint density at radius 2 is 1.79 bits per heavy atom. The van der Waals surface area contributed by atoms with Gasteiger partial charge in [-0.1, -0.05) is 0 Å². The smallest absolute Gasteiger partial charge is 0.242 e. The first-order valence-electron chi connectivity index (χ1n) is 7.80. The average Bonchev–Trinajstić information content (AvgIpc) is 2.98. The molecule has 0 radical (unpaired) electrons. The minimum absolute atomic E-state index is 0.0459. The summed E-state index contributed by atoms with van der Waals surface area (Å²) in [6.07, 6.45) is 1.35. The molecule has 0 saturated carbocycles. The molecule has 0 aromatic heterocycles. The normalized spacial score (nSPS) is 13.8. The highest BCUT2D eigenvalue weighted by atomic mass is 16.5.